The maximum absolute atomic E-state index is 11.2. The molecule has 0 heterocycles. The monoisotopic (exact) mass is 192 g/mol. The van der Waals surface area contributed by atoms with Gasteiger partial charge in [0.1, 0.15) is 5.78 Å². The molecule has 0 unspecified atom stereocenters. The van der Waals surface area contributed by atoms with Gasteiger partial charge in [-0.2, -0.15) is 0 Å². The Bertz CT molecular complexity index is 344. The van der Waals surface area contributed by atoms with Crippen LogP contribution in [0.25, 0.3) is 0 Å². The minimum atomic E-state index is 0.380. The average Bonchev–Trinajstić information content (AvgIpc) is 2.16. The third kappa shape index (κ3) is 1.78. The molecule has 0 saturated heterocycles. The normalized spacial score (nSPS) is 15.6. The van der Waals surface area contributed by atoms with Crippen molar-refractivity contribution in [3.05, 3.63) is 29.3 Å². The van der Waals surface area contributed by atoms with E-state index in [1.54, 1.807) is 11.8 Å². The molecule has 1 aromatic rings. The highest BCUT2D eigenvalue weighted by atomic mass is 32.2. The van der Waals surface area contributed by atoms with Gasteiger partial charge >= 0.3 is 0 Å². The van der Waals surface area contributed by atoms with Gasteiger partial charge in [0, 0.05) is 17.7 Å². The summed E-state index contributed by atoms with van der Waals surface area (Å²) in [6.45, 7) is 0. The molecular formula is C11H12OS. The predicted molar refractivity (Wildman–Crippen MR) is 55.3 cm³/mol. The fourth-order valence-electron chi connectivity index (χ4n) is 1.71. The highest BCUT2D eigenvalue weighted by Gasteiger charge is 2.15. The van der Waals surface area contributed by atoms with Crippen molar-refractivity contribution in [2.75, 3.05) is 6.26 Å². The van der Waals surface area contributed by atoms with Crippen LogP contribution in [0.1, 0.15) is 17.5 Å². The molecule has 1 aromatic carbocycles. The Balaban J connectivity index is 2.38. The zero-order valence-electron chi connectivity index (χ0n) is 7.67. The Hall–Kier alpha value is -0.760. The van der Waals surface area contributed by atoms with Gasteiger partial charge in [-0.15, -0.1) is 11.8 Å². The number of hydrogen-bond donors (Lipinski definition) is 0. The van der Waals surface area contributed by atoms with Crippen molar-refractivity contribution in [3.63, 3.8) is 0 Å². The third-order valence-corrected chi connectivity index (χ3v) is 3.20. The second-order valence-electron chi connectivity index (χ2n) is 3.35. The molecule has 0 spiro atoms. The van der Waals surface area contributed by atoms with E-state index in [0.717, 1.165) is 12.8 Å². The predicted octanol–water partition coefficient (Wildman–Crippen LogP) is 2.47. The van der Waals surface area contributed by atoms with Gasteiger partial charge in [-0.3, -0.25) is 4.79 Å². The molecule has 0 N–H and O–H groups in total. The van der Waals surface area contributed by atoms with Crippen molar-refractivity contribution in [2.24, 2.45) is 0 Å². The van der Waals surface area contributed by atoms with Crippen molar-refractivity contribution in [1.29, 1.82) is 0 Å². The summed E-state index contributed by atoms with van der Waals surface area (Å²) >= 11 is 1.73. The molecule has 0 aromatic heterocycles. The first kappa shape index (κ1) is 8.82. The number of hydrogen-bond acceptors (Lipinski definition) is 2. The van der Waals surface area contributed by atoms with Crippen molar-refractivity contribution in [3.8, 4) is 0 Å². The summed E-state index contributed by atoms with van der Waals surface area (Å²) in [5.41, 5.74) is 2.60. The van der Waals surface area contributed by atoms with Gasteiger partial charge in [0.25, 0.3) is 0 Å². The number of benzene rings is 1. The quantitative estimate of drug-likeness (QED) is 0.636. The van der Waals surface area contributed by atoms with Crippen LogP contribution in [0, 0.1) is 0 Å². The maximum Gasteiger partial charge on any atom is 0.137 e. The van der Waals surface area contributed by atoms with Crippen LogP contribution in [0.2, 0.25) is 0 Å². The van der Waals surface area contributed by atoms with E-state index in [4.69, 9.17) is 0 Å². The average molecular weight is 192 g/mol. The second-order valence-corrected chi connectivity index (χ2v) is 4.23. The van der Waals surface area contributed by atoms with Gasteiger partial charge in [0.15, 0.2) is 0 Å². The molecule has 2 rings (SSSR count). The lowest BCUT2D eigenvalue weighted by Crippen LogP contribution is -2.12. The lowest BCUT2D eigenvalue weighted by Gasteiger charge is -2.15. The van der Waals surface area contributed by atoms with E-state index in [9.17, 15) is 4.79 Å². The first-order chi connectivity index (χ1) is 6.29. The number of rotatable bonds is 1. The standard InChI is InChI=1S/C11H12OS/c1-13-11-5-3-8-2-4-10(12)6-9(8)7-11/h3,5,7H,2,4,6H2,1H3. The summed E-state index contributed by atoms with van der Waals surface area (Å²) in [4.78, 5) is 12.5. The van der Waals surface area contributed by atoms with Gasteiger partial charge in [0.2, 0.25) is 0 Å². The molecule has 1 nitrogen and oxygen atoms in total. The Labute approximate surface area is 82.5 Å². The number of Topliss-reactive ketones (excluding diaryl/α,β-unsaturated/α-hetero) is 1. The number of carbonyl (C=O) groups is 1. The van der Waals surface area contributed by atoms with Gasteiger partial charge in [-0.25, -0.2) is 0 Å². The molecule has 0 radical (unpaired) electrons. The fourth-order valence-corrected chi connectivity index (χ4v) is 2.18. The molecule has 0 amide bonds. The summed E-state index contributed by atoms with van der Waals surface area (Å²) in [7, 11) is 0. The Kier molecular flexibility index (Phi) is 2.40. The summed E-state index contributed by atoms with van der Waals surface area (Å²) in [6, 6.07) is 6.45. The van der Waals surface area contributed by atoms with E-state index < -0.39 is 0 Å². The van der Waals surface area contributed by atoms with Gasteiger partial charge in [0.05, 0.1) is 0 Å². The molecule has 0 saturated carbocycles. The third-order valence-electron chi connectivity index (χ3n) is 2.47. The topological polar surface area (TPSA) is 17.1 Å². The number of fused-ring (bicyclic) bond motifs is 1. The van der Waals surface area contributed by atoms with Crippen LogP contribution in [0.4, 0.5) is 0 Å². The van der Waals surface area contributed by atoms with Gasteiger partial charge in [-0.05, 0) is 35.9 Å². The molecule has 0 bridgehead atoms. The minimum absolute atomic E-state index is 0.380. The van der Waals surface area contributed by atoms with Crippen LogP contribution in [0.3, 0.4) is 0 Å². The van der Waals surface area contributed by atoms with Crippen LogP contribution in [-0.4, -0.2) is 12.0 Å². The molecule has 0 fully saturated rings. The van der Waals surface area contributed by atoms with E-state index in [0.29, 0.717) is 12.2 Å². The largest absolute Gasteiger partial charge is 0.299 e. The van der Waals surface area contributed by atoms with Gasteiger partial charge < -0.3 is 0 Å². The molecule has 2 heteroatoms. The van der Waals surface area contributed by atoms with Crippen LogP contribution in [-0.2, 0) is 17.6 Å². The lowest BCUT2D eigenvalue weighted by atomic mass is 9.91. The Morgan fingerprint density at radius 2 is 2.08 bits per heavy atom. The minimum Gasteiger partial charge on any atom is -0.299 e. The van der Waals surface area contributed by atoms with Gasteiger partial charge in [-0.1, -0.05) is 6.07 Å². The van der Waals surface area contributed by atoms with E-state index in [1.807, 2.05) is 0 Å². The zero-order valence-corrected chi connectivity index (χ0v) is 8.49. The Morgan fingerprint density at radius 3 is 2.85 bits per heavy atom. The number of thioether (sulfide) groups is 1. The fraction of sp³-hybridized carbons (Fsp3) is 0.364. The summed E-state index contributed by atoms with van der Waals surface area (Å²) in [6.07, 6.45) is 4.37. The molecule has 1 aliphatic rings. The number of aryl methyl sites for hydroxylation is 1. The van der Waals surface area contributed by atoms with Crippen LogP contribution >= 0.6 is 11.8 Å². The van der Waals surface area contributed by atoms with E-state index >= 15 is 0 Å². The first-order valence-corrected chi connectivity index (χ1v) is 5.69. The van der Waals surface area contributed by atoms with E-state index in [-0.39, 0.29) is 0 Å². The summed E-state index contributed by atoms with van der Waals surface area (Å²) in [5.74, 6) is 0.380. The zero-order chi connectivity index (χ0) is 9.26. The molecule has 68 valence electrons. The van der Waals surface area contributed by atoms with Crippen molar-refractivity contribution in [2.45, 2.75) is 24.2 Å². The van der Waals surface area contributed by atoms with Crippen molar-refractivity contribution in [1.82, 2.24) is 0 Å². The van der Waals surface area contributed by atoms with E-state index in [1.165, 1.54) is 16.0 Å². The second kappa shape index (κ2) is 3.54. The van der Waals surface area contributed by atoms with Crippen molar-refractivity contribution < 1.29 is 4.79 Å². The molecule has 13 heavy (non-hydrogen) atoms. The number of ketones is 1. The Morgan fingerprint density at radius 1 is 1.23 bits per heavy atom. The molecular weight excluding hydrogens is 180 g/mol. The molecule has 0 aliphatic heterocycles. The van der Waals surface area contributed by atoms with E-state index in [2.05, 4.69) is 24.5 Å². The van der Waals surface area contributed by atoms with Crippen LogP contribution in [0.15, 0.2) is 23.1 Å². The highest BCUT2D eigenvalue weighted by molar-refractivity contribution is 7.98. The highest BCUT2D eigenvalue weighted by Crippen LogP contribution is 2.24. The molecule has 1 aliphatic carbocycles. The van der Waals surface area contributed by atoms with Crippen LogP contribution in [0.5, 0.6) is 0 Å². The summed E-state index contributed by atoms with van der Waals surface area (Å²) in [5, 5.41) is 0. The number of carbonyl (C=O) groups excluding carboxylic acids is 1. The lowest BCUT2D eigenvalue weighted by molar-refractivity contribution is -0.118. The summed E-state index contributed by atoms with van der Waals surface area (Å²) < 4.78 is 0. The maximum atomic E-state index is 11.2. The SMILES string of the molecule is CSc1ccc2c(c1)CC(=O)CC2. The smallest absolute Gasteiger partial charge is 0.137 e. The molecule has 0 atom stereocenters. The van der Waals surface area contributed by atoms with Crippen molar-refractivity contribution >= 4 is 17.5 Å². The van der Waals surface area contributed by atoms with Crippen LogP contribution < -0.4 is 0 Å². The first-order valence-electron chi connectivity index (χ1n) is 4.47.